The molecule has 1 aliphatic carbocycles. The molecule has 3 rings (SSSR count). The maximum absolute atomic E-state index is 12.6. The van der Waals surface area contributed by atoms with Gasteiger partial charge in [0.2, 0.25) is 0 Å². The van der Waals surface area contributed by atoms with E-state index < -0.39 is 4.92 Å². The van der Waals surface area contributed by atoms with Gasteiger partial charge in [-0.1, -0.05) is 6.42 Å². The molecule has 1 saturated heterocycles. The number of hydrogen-bond acceptors (Lipinski definition) is 3. The highest BCUT2D eigenvalue weighted by atomic mass is 16.6. The van der Waals surface area contributed by atoms with Crippen LogP contribution in [0.25, 0.3) is 0 Å². The predicted molar refractivity (Wildman–Crippen MR) is 74.5 cm³/mol. The Kier molecular flexibility index (Phi) is 3.42. The molecule has 106 valence electrons. The SMILES string of the molecule is O=C(c1ccc([N+](=O)[O-])cc1)N1CCC[C@H]2CCC[C@@H]21. The monoisotopic (exact) mass is 274 g/mol. The van der Waals surface area contributed by atoms with Crippen molar-refractivity contribution in [1.82, 2.24) is 4.90 Å². The Morgan fingerprint density at radius 3 is 2.55 bits per heavy atom. The third kappa shape index (κ3) is 2.28. The van der Waals surface area contributed by atoms with E-state index in [9.17, 15) is 14.9 Å². The molecule has 0 unspecified atom stereocenters. The number of benzene rings is 1. The summed E-state index contributed by atoms with van der Waals surface area (Å²) in [5, 5.41) is 10.6. The first-order chi connectivity index (χ1) is 9.66. The average Bonchev–Trinajstić information content (AvgIpc) is 2.95. The maximum Gasteiger partial charge on any atom is 0.269 e. The first kappa shape index (κ1) is 13.1. The molecule has 0 radical (unpaired) electrons. The average molecular weight is 274 g/mol. The second-order valence-electron chi connectivity index (χ2n) is 5.70. The van der Waals surface area contributed by atoms with Gasteiger partial charge in [0.1, 0.15) is 0 Å². The standard InChI is InChI=1S/C15H18N2O3/c18-15(12-6-8-13(9-7-12)17(19)20)16-10-2-4-11-3-1-5-14(11)16/h6-9,11,14H,1-5,10H2/t11-,14+/m1/s1. The number of fused-ring (bicyclic) bond motifs is 1. The number of nitro groups is 1. The molecule has 2 aliphatic rings. The van der Waals surface area contributed by atoms with E-state index in [1.165, 1.54) is 31.4 Å². The summed E-state index contributed by atoms with van der Waals surface area (Å²) in [6.07, 6.45) is 5.84. The van der Waals surface area contributed by atoms with E-state index in [0.29, 0.717) is 17.5 Å². The number of amides is 1. The summed E-state index contributed by atoms with van der Waals surface area (Å²) >= 11 is 0. The highest BCUT2D eigenvalue weighted by Gasteiger charge is 2.37. The number of carbonyl (C=O) groups is 1. The van der Waals surface area contributed by atoms with E-state index in [0.717, 1.165) is 19.4 Å². The quantitative estimate of drug-likeness (QED) is 0.615. The second-order valence-corrected chi connectivity index (χ2v) is 5.70. The highest BCUT2D eigenvalue weighted by molar-refractivity contribution is 5.94. The van der Waals surface area contributed by atoms with Gasteiger partial charge in [0.15, 0.2) is 0 Å². The van der Waals surface area contributed by atoms with Crippen molar-refractivity contribution in [1.29, 1.82) is 0 Å². The Labute approximate surface area is 117 Å². The molecule has 5 heteroatoms. The number of piperidine rings is 1. The Morgan fingerprint density at radius 1 is 1.15 bits per heavy atom. The minimum absolute atomic E-state index is 0.0245. The van der Waals surface area contributed by atoms with Crippen LogP contribution in [0, 0.1) is 16.0 Å². The molecular formula is C15H18N2O3. The molecule has 0 spiro atoms. The van der Waals surface area contributed by atoms with Crippen molar-refractivity contribution in [2.24, 2.45) is 5.92 Å². The summed E-state index contributed by atoms with van der Waals surface area (Å²) in [5.74, 6) is 0.683. The van der Waals surface area contributed by atoms with E-state index in [2.05, 4.69) is 0 Å². The van der Waals surface area contributed by atoms with Crippen LogP contribution in [0.3, 0.4) is 0 Å². The van der Waals surface area contributed by atoms with Gasteiger partial charge in [-0.15, -0.1) is 0 Å². The van der Waals surface area contributed by atoms with Crippen molar-refractivity contribution >= 4 is 11.6 Å². The van der Waals surface area contributed by atoms with E-state index in [4.69, 9.17) is 0 Å². The molecule has 20 heavy (non-hydrogen) atoms. The van der Waals surface area contributed by atoms with Crippen molar-refractivity contribution in [3.8, 4) is 0 Å². The number of non-ortho nitro benzene ring substituents is 1. The molecule has 0 aromatic heterocycles. The third-order valence-electron chi connectivity index (χ3n) is 4.58. The lowest BCUT2D eigenvalue weighted by molar-refractivity contribution is -0.384. The fourth-order valence-electron chi connectivity index (χ4n) is 3.60. The Bertz CT molecular complexity index is 526. The number of hydrogen-bond donors (Lipinski definition) is 0. The normalized spacial score (nSPS) is 25.3. The molecule has 0 bridgehead atoms. The van der Waals surface area contributed by atoms with Crippen LogP contribution in [-0.2, 0) is 0 Å². The van der Waals surface area contributed by atoms with E-state index >= 15 is 0 Å². The van der Waals surface area contributed by atoms with Crippen LogP contribution in [0.1, 0.15) is 42.5 Å². The van der Waals surface area contributed by atoms with Crippen LogP contribution >= 0.6 is 0 Å². The summed E-state index contributed by atoms with van der Waals surface area (Å²) in [6, 6.07) is 6.33. The van der Waals surface area contributed by atoms with Gasteiger partial charge in [-0.25, -0.2) is 0 Å². The molecule has 1 heterocycles. The number of nitro benzene ring substituents is 1. The second kappa shape index (κ2) is 5.23. The zero-order valence-electron chi connectivity index (χ0n) is 11.3. The molecule has 1 aromatic rings. The molecule has 1 aliphatic heterocycles. The van der Waals surface area contributed by atoms with Crippen LogP contribution in [-0.4, -0.2) is 28.3 Å². The van der Waals surface area contributed by atoms with Gasteiger partial charge >= 0.3 is 0 Å². The van der Waals surface area contributed by atoms with Crippen LogP contribution < -0.4 is 0 Å². The van der Waals surface area contributed by atoms with Gasteiger partial charge in [0, 0.05) is 30.3 Å². The lowest BCUT2D eigenvalue weighted by Gasteiger charge is -2.37. The van der Waals surface area contributed by atoms with Gasteiger partial charge in [-0.2, -0.15) is 0 Å². The molecule has 2 atom stereocenters. The van der Waals surface area contributed by atoms with Crippen molar-refractivity contribution in [2.75, 3.05) is 6.54 Å². The first-order valence-electron chi connectivity index (χ1n) is 7.22. The van der Waals surface area contributed by atoms with Gasteiger partial charge in [-0.05, 0) is 43.7 Å². The smallest absolute Gasteiger partial charge is 0.269 e. The summed E-state index contributed by atoms with van der Waals surface area (Å²) in [7, 11) is 0. The Hall–Kier alpha value is -1.91. The third-order valence-corrected chi connectivity index (χ3v) is 4.58. The lowest BCUT2D eigenvalue weighted by atomic mass is 9.91. The molecule has 0 N–H and O–H groups in total. The highest BCUT2D eigenvalue weighted by Crippen LogP contribution is 2.37. The fraction of sp³-hybridized carbons (Fsp3) is 0.533. The predicted octanol–water partition coefficient (Wildman–Crippen LogP) is 3.00. The van der Waals surface area contributed by atoms with E-state index in [1.807, 2.05) is 4.90 Å². The Morgan fingerprint density at radius 2 is 1.85 bits per heavy atom. The molecular weight excluding hydrogens is 256 g/mol. The summed E-state index contributed by atoms with van der Waals surface area (Å²) in [5.41, 5.74) is 0.585. The van der Waals surface area contributed by atoms with Gasteiger partial charge in [0.05, 0.1) is 4.92 Å². The molecule has 1 aromatic carbocycles. The zero-order chi connectivity index (χ0) is 14.1. The molecule has 1 amide bonds. The van der Waals surface area contributed by atoms with Gasteiger partial charge in [0.25, 0.3) is 11.6 Å². The molecule has 1 saturated carbocycles. The summed E-state index contributed by atoms with van der Waals surface area (Å²) < 4.78 is 0. The van der Waals surface area contributed by atoms with E-state index in [1.54, 1.807) is 12.1 Å². The van der Waals surface area contributed by atoms with Crippen molar-refractivity contribution in [3.63, 3.8) is 0 Å². The van der Waals surface area contributed by atoms with Crippen LogP contribution in [0.5, 0.6) is 0 Å². The number of nitrogens with zero attached hydrogens (tertiary/aromatic N) is 2. The van der Waals surface area contributed by atoms with Crippen LogP contribution in [0.4, 0.5) is 5.69 Å². The summed E-state index contributed by atoms with van der Waals surface area (Å²) in [6.45, 7) is 0.816. The number of rotatable bonds is 2. The minimum Gasteiger partial charge on any atom is -0.335 e. The largest absolute Gasteiger partial charge is 0.335 e. The van der Waals surface area contributed by atoms with Gasteiger partial charge < -0.3 is 4.90 Å². The van der Waals surface area contributed by atoms with Crippen molar-refractivity contribution in [3.05, 3.63) is 39.9 Å². The van der Waals surface area contributed by atoms with Gasteiger partial charge in [-0.3, -0.25) is 14.9 Å². The topological polar surface area (TPSA) is 63.4 Å². The maximum atomic E-state index is 12.6. The number of carbonyl (C=O) groups excluding carboxylic acids is 1. The molecule has 5 nitrogen and oxygen atoms in total. The van der Waals surface area contributed by atoms with Crippen LogP contribution in [0.2, 0.25) is 0 Å². The first-order valence-corrected chi connectivity index (χ1v) is 7.22. The minimum atomic E-state index is -0.442. The lowest BCUT2D eigenvalue weighted by Crippen LogP contribution is -2.46. The van der Waals surface area contributed by atoms with Crippen molar-refractivity contribution < 1.29 is 9.72 Å². The van der Waals surface area contributed by atoms with Crippen molar-refractivity contribution in [2.45, 2.75) is 38.1 Å². The Balaban J connectivity index is 1.79. The van der Waals surface area contributed by atoms with Crippen LogP contribution in [0.15, 0.2) is 24.3 Å². The van der Waals surface area contributed by atoms with E-state index in [-0.39, 0.29) is 11.6 Å². The zero-order valence-corrected chi connectivity index (χ0v) is 11.3. The molecule has 2 fully saturated rings. The number of likely N-dealkylation sites (tertiary alicyclic amines) is 1. The fourth-order valence-corrected chi connectivity index (χ4v) is 3.60. The summed E-state index contributed by atoms with van der Waals surface area (Å²) in [4.78, 5) is 24.8.